The fraction of sp³-hybridized carbons (Fsp3) is 0. The van der Waals surface area contributed by atoms with Gasteiger partial charge in [0.05, 0.1) is 16.0 Å². The molecule has 1 aliphatic rings. The molecule has 0 radical (unpaired) electrons. The Hall–Kier alpha value is -3.03. The van der Waals surface area contributed by atoms with Gasteiger partial charge < -0.3 is 0 Å². The number of hydrogen-bond acceptors (Lipinski definition) is 4. The van der Waals surface area contributed by atoms with Crippen molar-refractivity contribution in [2.75, 3.05) is 0 Å². The predicted octanol–water partition coefficient (Wildman–Crippen LogP) is 2.66. The lowest BCUT2D eigenvalue weighted by molar-refractivity contribution is 0.0880. The molecule has 0 saturated heterocycles. The Morgan fingerprint density at radius 1 is 0.760 bits per heavy atom. The second-order valence-electron chi connectivity index (χ2n) is 5.28. The number of amides is 2. The van der Waals surface area contributed by atoms with Crippen LogP contribution >= 0.6 is 0 Å². The molecule has 1 heterocycles. The van der Waals surface area contributed by atoms with E-state index in [2.05, 4.69) is 5.32 Å². The van der Waals surface area contributed by atoms with Crippen molar-refractivity contribution in [3.63, 3.8) is 0 Å². The van der Waals surface area contributed by atoms with Crippen LogP contribution in [0.1, 0.15) is 20.7 Å². The summed E-state index contributed by atoms with van der Waals surface area (Å²) in [6, 6.07) is 18.5. The van der Waals surface area contributed by atoms with Crippen molar-refractivity contribution in [2.45, 2.75) is 4.90 Å². The SMILES string of the molecule is O=C1NC(=O)c2c1ccc1ccccc21.O=S(=O)(O)c1ccccc1. The summed E-state index contributed by atoms with van der Waals surface area (Å²) >= 11 is 0. The molecule has 2 amide bonds. The highest BCUT2D eigenvalue weighted by Gasteiger charge is 2.28. The summed E-state index contributed by atoms with van der Waals surface area (Å²) < 4.78 is 29.2. The molecule has 126 valence electrons. The zero-order chi connectivity index (χ0) is 18.0. The maximum Gasteiger partial charge on any atom is 0.294 e. The molecule has 2 N–H and O–H groups in total. The van der Waals surface area contributed by atoms with Gasteiger partial charge in [0.25, 0.3) is 21.9 Å². The Labute approximate surface area is 143 Å². The zero-order valence-corrected chi connectivity index (χ0v) is 13.7. The van der Waals surface area contributed by atoms with E-state index in [1.165, 1.54) is 12.1 Å². The van der Waals surface area contributed by atoms with Crippen LogP contribution in [0.3, 0.4) is 0 Å². The smallest absolute Gasteiger partial charge is 0.288 e. The largest absolute Gasteiger partial charge is 0.294 e. The molecule has 6 nitrogen and oxygen atoms in total. The third kappa shape index (κ3) is 3.42. The normalized spacial score (nSPS) is 13.0. The number of nitrogens with one attached hydrogen (secondary N) is 1. The first-order valence-corrected chi connectivity index (χ1v) is 8.72. The third-order valence-corrected chi connectivity index (χ3v) is 4.54. The fourth-order valence-corrected chi connectivity index (χ4v) is 3.03. The number of carbonyl (C=O) groups excluding carboxylic acids is 2. The molecule has 0 atom stereocenters. The van der Waals surface area contributed by atoms with Crippen molar-refractivity contribution < 1.29 is 22.6 Å². The van der Waals surface area contributed by atoms with E-state index in [0.29, 0.717) is 11.1 Å². The van der Waals surface area contributed by atoms with Crippen molar-refractivity contribution in [1.82, 2.24) is 5.32 Å². The maximum atomic E-state index is 11.6. The van der Waals surface area contributed by atoms with Crippen molar-refractivity contribution in [3.8, 4) is 0 Å². The Morgan fingerprint density at radius 3 is 2.04 bits per heavy atom. The lowest BCUT2D eigenvalue weighted by Crippen LogP contribution is -2.19. The van der Waals surface area contributed by atoms with Crippen LogP contribution < -0.4 is 5.32 Å². The number of fused-ring (bicyclic) bond motifs is 3. The highest BCUT2D eigenvalue weighted by Crippen LogP contribution is 2.25. The minimum Gasteiger partial charge on any atom is -0.288 e. The minimum atomic E-state index is -4.00. The monoisotopic (exact) mass is 355 g/mol. The van der Waals surface area contributed by atoms with Crippen LogP contribution in [-0.2, 0) is 10.1 Å². The van der Waals surface area contributed by atoms with Crippen LogP contribution in [0.2, 0.25) is 0 Å². The van der Waals surface area contributed by atoms with Gasteiger partial charge in [-0.25, -0.2) is 0 Å². The summed E-state index contributed by atoms with van der Waals surface area (Å²) in [5, 5.41) is 4.10. The molecule has 0 saturated carbocycles. The molecular weight excluding hydrogens is 342 g/mol. The molecule has 0 unspecified atom stereocenters. The molecule has 1 aliphatic heterocycles. The zero-order valence-electron chi connectivity index (χ0n) is 12.8. The van der Waals surface area contributed by atoms with Crippen LogP contribution in [-0.4, -0.2) is 24.8 Å². The van der Waals surface area contributed by atoms with Gasteiger partial charge in [-0.05, 0) is 29.0 Å². The molecule has 0 aliphatic carbocycles. The van der Waals surface area contributed by atoms with Crippen LogP contribution in [0, 0.1) is 0 Å². The lowest BCUT2D eigenvalue weighted by atomic mass is 10.0. The number of rotatable bonds is 1. The summed E-state index contributed by atoms with van der Waals surface area (Å²) in [5.41, 5.74) is 0.969. The second kappa shape index (κ2) is 6.46. The summed E-state index contributed by atoms with van der Waals surface area (Å²) in [5.74, 6) is -0.604. The van der Waals surface area contributed by atoms with Crippen LogP contribution in [0.25, 0.3) is 10.8 Å². The molecule has 3 aromatic carbocycles. The van der Waals surface area contributed by atoms with Crippen molar-refractivity contribution in [2.24, 2.45) is 0 Å². The van der Waals surface area contributed by atoms with E-state index < -0.39 is 10.1 Å². The minimum absolute atomic E-state index is 0.0741. The van der Waals surface area contributed by atoms with Gasteiger partial charge in [0, 0.05) is 0 Å². The van der Waals surface area contributed by atoms with Gasteiger partial charge in [-0.2, -0.15) is 8.42 Å². The molecule has 0 spiro atoms. The summed E-state index contributed by atoms with van der Waals surface area (Å²) in [6.07, 6.45) is 0. The van der Waals surface area contributed by atoms with E-state index in [4.69, 9.17) is 4.55 Å². The van der Waals surface area contributed by atoms with E-state index >= 15 is 0 Å². The highest BCUT2D eigenvalue weighted by atomic mass is 32.2. The van der Waals surface area contributed by atoms with E-state index in [1.807, 2.05) is 30.3 Å². The fourth-order valence-electron chi connectivity index (χ4n) is 2.53. The van der Waals surface area contributed by atoms with Crippen LogP contribution in [0.4, 0.5) is 0 Å². The average molecular weight is 355 g/mol. The first-order chi connectivity index (χ1) is 11.9. The second-order valence-corrected chi connectivity index (χ2v) is 6.70. The molecule has 3 aromatic rings. The first-order valence-electron chi connectivity index (χ1n) is 7.28. The van der Waals surface area contributed by atoms with Gasteiger partial charge in [-0.3, -0.25) is 19.5 Å². The molecule has 0 fully saturated rings. The molecule has 25 heavy (non-hydrogen) atoms. The van der Waals surface area contributed by atoms with E-state index in [-0.39, 0.29) is 16.7 Å². The summed E-state index contributed by atoms with van der Waals surface area (Å²) in [7, 11) is -4.00. The molecule has 0 aromatic heterocycles. The van der Waals surface area contributed by atoms with Crippen molar-refractivity contribution in [1.29, 1.82) is 0 Å². The van der Waals surface area contributed by atoms with Crippen LogP contribution in [0.15, 0.2) is 71.6 Å². The van der Waals surface area contributed by atoms with Gasteiger partial charge in [0.1, 0.15) is 0 Å². The van der Waals surface area contributed by atoms with Crippen molar-refractivity contribution in [3.05, 3.63) is 77.9 Å². The Balaban J connectivity index is 0.000000160. The topological polar surface area (TPSA) is 101 Å². The summed E-state index contributed by atoms with van der Waals surface area (Å²) in [6.45, 7) is 0. The molecule has 0 bridgehead atoms. The summed E-state index contributed by atoms with van der Waals surface area (Å²) in [4.78, 5) is 22.9. The predicted molar refractivity (Wildman–Crippen MR) is 92.0 cm³/mol. The quantitative estimate of drug-likeness (QED) is 0.516. The Kier molecular flexibility index (Phi) is 4.35. The van der Waals surface area contributed by atoms with E-state index in [0.717, 1.165) is 10.8 Å². The van der Waals surface area contributed by atoms with E-state index in [1.54, 1.807) is 24.3 Å². The first kappa shape index (κ1) is 16.8. The average Bonchev–Trinajstić information content (AvgIpc) is 2.90. The Bertz CT molecular complexity index is 1080. The Morgan fingerprint density at radius 2 is 1.40 bits per heavy atom. The highest BCUT2D eigenvalue weighted by molar-refractivity contribution is 7.85. The van der Waals surface area contributed by atoms with Crippen LogP contribution in [0.5, 0.6) is 0 Å². The number of benzene rings is 3. The standard InChI is InChI=1S/C12H7NO2.C6H6O3S/c14-11-9-6-5-7-3-1-2-4-8(7)10(9)12(15)13-11;7-10(8,9)6-4-2-1-3-5-6/h1-6H,(H,13,14,15);1-5H,(H,7,8,9). The maximum absolute atomic E-state index is 11.6. The molecule has 7 heteroatoms. The molecule has 4 rings (SSSR count). The van der Waals surface area contributed by atoms with Gasteiger partial charge in [0.15, 0.2) is 0 Å². The number of hydrogen-bond donors (Lipinski definition) is 2. The van der Waals surface area contributed by atoms with Crippen molar-refractivity contribution >= 4 is 32.7 Å². The number of imide groups is 1. The van der Waals surface area contributed by atoms with E-state index in [9.17, 15) is 18.0 Å². The number of carbonyl (C=O) groups is 2. The van der Waals surface area contributed by atoms with Gasteiger partial charge >= 0.3 is 0 Å². The van der Waals surface area contributed by atoms with Gasteiger partial charge in [-0.15, -0.1) is 0 Å². The molecular formula is C18H13NO5S. The van der Waals surface area contributed by atoms with Gasteiger partial charge in [0.2, 0.25) is 0 Å². The third-order valence-electron chi connectivity index (χ3n) is 3.67. The lowest BCUT2D eigenvalue weighted by Gasteiger charge is -2.00. The van der Waals surface area contributed by atoms with Gasteiger partial charge in [-0.1, -0.05) is 48.5 Å².